The lowest BCUT2D eigenvalue weighted by atomic mass is 9.95. The van der Waals surface area contributed by atoms with Crippen molar-refractivity contribution < 1.29 is 14.3 Å². The molecule has 5 heteroatoms. The highest BCUT2D eigenvalue weighted by molar-refractivity contribution is 6.06. The van der Waals surface area contributed by atoms with Crippen molar-refractivity contribution in [3.05, 3.63) is 41.1 Å². The summed E-state index contributed by atoms with van der Waals surface area (Å²) in [6, 6.07) is 8.01. The highest BCUT2D eigenvalue weighted by Crippen LogP contribution is 2.28. The lowest BCUT2D eigenvalue weighted by Crippen LogP contribution is -2.41. The van der Waals surface area contributed by atoms with Crippen LogP contribution in [0.3, 0.4) is 0 Å². The van der Waals surface area contributed by atoms with Gasteiger partial charge in [0.25, 0.3) is 5.91 Å². The summed E-state index contributed by atoms with van der Waals surface area (Å²) in [6.07, 6.45) is 1.78. The van der Waals surface area contributed by atoms with Crippen molar-refractivity contribution >= 4 is 16.8 Å². The Labute approximate surface area is 147 Å². The molecule has 0 aliphatic carbocycles. The minimum Gasteiger partial charge on any atom is -0.350 e. The molecule has 0 atom stereocenters. The smallest absolute Gasteiger partial charge is 0.254 e. The molecule has 0 unspecified atom stereocenters. The fraction of sp³-hybridized carbons (Fsp3) is 0.500. The molecule has 0 N–H and O–H groups in total. The average Bonchev–Trinajstić information content (AvgIpc) is 3.16. The van der Waals surface area contributed by atoms with Gasteiger partial charge in [-0.3, -0.25) is 9.78 Å². The molecule has 2 fully saturated rings. The molecule has 0 radical (unpaired) electrons. The lowest BCUT2D eigenvalue weighted by molar-refractivity contribution is -0.0956. The Morgan fingerprint density at radius 2 is 1.84 bits per heavy atom. The van der Waals surface area contributed by atoms with Gasteiger partial charge in [0.05, 0.1) is 24.3 Å². The van der Waals surface area contributed by atoms with Crippen LogP contribution >= 0.6 is 0 Å². The van der Waals surface area contributed by atoms with E-state index in [1.165, 1.54) is 0 Å². The Hall–Kier alpha value is -1.98. The summed E-state index contributed by atoms with van der Waals surface area (Å²) in [5.41, 5.74) is 3.67. The number of pyridine rings is 1. The number of piperidine rings is 1. The second-order valence-electron chi connectivity index (χ2n) is 7.07. The topological polar surface area (TPSA) is 51.7 Å². The minimum absolute atomic E-state index is 0.0797. The number of hydrogen-bond donors (Lipinski definition) is 0. The van der Waals surface area contributed by atoms with E-state index in [0.717, 1.165) is 53.7 Å². The van der Waals surface area contributed by atoms with Crippen LogP contribution in [0.15, 0.2) is 24.3 Å². The van der Waals surface area contributed by atoms with Gasteiger partial charge in [-0.1, -0.05) is 11.6 Å². The number of fused-ring (bicyclic) bond motifs is 1. The molecule has 25 heavy (non-hydrogen) atoms. The van der Waals surface area contributed by atoms with Gasteiger partial charge in [-0.15, -0.1) is 0 Å². The molecular formula is C20H24N2O3. The number of ether oxygens (including phenoxy) is 2. The third kappa shape index (κ3) is 3.26. The van der Waals surface area contributed by atoms with Crippen LogP contribution in [0.25, 0.3) is 10.9 Å². The van der Waals surface area contributed by atoms with Crippen LogP contribution in [0.2, 0.25) is 0 Å². The Balaban J connectivity index is 1.55. The number of amides is 1. The Morgan fingerprint density at radius 1 is 1.12 bits per heavy atom. The Morgan fingerprint density at radius 3 is 2.56 bits per heavy atom. The zero-order chi connectivity index (χ0) is 17.4. The summed E-state index contributed by atoms with van der Waals surface area (Å²) in [7, 11) is 0. The van der Waals surface area contributed by atoms with Crippen molar-refractivity contribution in [3.8, 4) is 0 Å². The highest BCUT2D eigenvalue weighted by atomic mass is 16.7. The maximum Gasteiger partial charge on any atom is 0.254 e. The third-order valence-electron chi connectivity index (χ3n) is 5.18. The van der Waals surface area contributed by atoms with Crippen molar-refractivity contribution in [2.24, 2.45) is 5.92 Å². The van der Waals surface area contributed by atoms with E-state index < -0.39 is 0 Å². The zero-order valence-corrected chi connectivity index (χ0v) is 14.8. The molecule has 1 aromatic carbocycles. The molecule has 3 heterocycles. The van der Waals surface area contributed by atoms with Crippen LogP contribution in [0.1, 0.15) is 34.5 Å². The molecule has 0 spiro atoms. The first-order valence-corrected chi connectivity index (χ1v) is 9.02. The molecule has 2 aliphatic heterocycles. The molecule has 0 saturated carbocycles. The first kappa shape index (κ1) is 16.5. The number of aryl methyl sites for hydroxylation is 2. The van der Waals surface area contributed by atoms with Crippen LogP contribution < -0.4 is 0 Å². The predicted molar refractivity (Wildman–Crippen MR) is 95.5 cm³/mol. The summed E-state index contributed by atoms with van der Waals surface area (Å²) in [6.45, 7) is 6.86. The van der Waals surface area contributed by atoms with E-state index in [-0.39, 0.29) is 12.2 Å². The van der Waals surface area contributed by atoms with Crippen molar-refractivity contribution in [1.29, 1.82) is 0 Å². The summed E-state index contributed by atoms with van der Waals surface area (Å²) < 4.78 is 11.3. The summed E-state index contributed by atoms with van der Waals surface area (Å²) >= 11 is 0. The van der Waals surface area contributed by atoms with Crippen LogP contribution in [-0.4, -0.2) is 48.4 Å². The van der Waals surface area contributed by atoms with E-state index in [9.17, 15) is 4.79 Å². The maximum absolute atomic E-state index is 13.1. The van der Waals surface area contributed by atoms with Crippen molar-refractivity contribution in [1.82, 2.24) is 9.88 Å². The molecule has 2 saturated heterocycles. The quantitative estimate of drug-likeness (QED) is 0.843. The second-order valence-corrected chi connectivity index (χ2v) is 7.07. The van der Waals surface area contributed by atoms with Gasteiger partial charge in [-0.05, 0) is 44.9 Å². The van der Waals surface area contributed by atoms with Gasteiger partial charge >= 0.3 is 0 Å². The van der Waals surface area contributed by atoms with Crippen molar-refractivity contribution in [3.63, 3.8) is 0 Å². The molecule has 2 aromatic rings. The number of rotatable bonds is 2. The van der Waals surface area contributed by atoms with Gasteiger partial charge in [0, 0.05) is 30.1 Å². The first-order valence-electron chi connectivity index (χ1n) is 9.02. The van der Waals surface area contributed by atoms with E-state index in [1.807, 2.05) is 36.9 Å². The van der Waals surface area contributed by atoms with E-state index in [1.54, 1.807) is 0 Å². The van der Waals surface area contributed by atoms with Crippen LogP contribution in [-0.2, 0) is 9.47 Å². The van der Waals surface area contributed by atoms with Crippen molar-refractivity contribution in [2.75, 3.05) is 26.3 Å². The van der Waals surface area contributed by atoms with Gasteiger partial charge in [0.15, 0.2) is 6.29 Å². The van der Waals surface area contributed by atoms with Crippen LogP contribution in [0.5, 0.6) is 0 Å². The number of hydrogen-bond acceptors (Lipinski definition) is 4. The van der Waals surface area contributed by atoms with E-state index in [4.69, 9.17) is 9.47 Å². The summed E-state index contributed by atoms with van der Waals surface area (Å²) in [5.74, 6) is 0.498. The molecule has 132 valence electrons. The van der Waals surface area contributed by atoms with Gasteiger partial charge in [-0.25, -0.2) is 0 Å². The van der Waals surface area contributed by atoms with Gasteiger partial charge in [0.1, 0.15) is 0 Å². The largest absolute Gasteiger partial charge is 0.350 e. The summed E-state index contributed by atoms with van der Waals surface area (Å²) in [5, 5.41) is 0.945. The fourth-order valence-corrected chi connectivity index (χ4v) is 3.84. The molecule has 4 rings (SSSR count). The van der Waals surface area contributed by atoms with Crippen LogP contribution in [0, 0.1) is 19.8 Å². The zero-order valence-electron chi connectivity index (χ0n) is 14.8. The number of nitrogens with zero attached hydrogens (tertiary/aromatic N) is 2. The standard InChI is InChI=1S/C20H24N2O3/c1-13-3-4-18-16(11-13)17(12-14(2)21-18)19(23)22-7-5-15(6-8-22)20-24-9-10-25-20/h3-4,11-12,15,20H,5-10H2,1-2H3. The Kier molecular flexibility index (Phi) is 4.44. The first-order chi connectivity index (χ1) is 12.1. The molecular weight excluding hydrogens is 316 g/mol. The summed E-state index contributed by atoms with van der Waals surface area (Å²) in [4.78, 5) is 19.7. The van der Waals surface area contributed by atoms with Gasteiger partial charge < -0.3 is 14.4 Å². The van der Waals surface area contributed by atoms with Crippen LogP contribution in [0.4, 0.5) is 0 Å². The fourth-order valence-electron chi connectivity index (χ4n) is 3.84. The second kappa shape index (κ2) is 6.73. The molecule has 2 aliphatic rings. The minimum atomic E-state index is -0.0797. The number of carbonyl (C=O) groups is 1. The van der Waals surface area contributed by atoms with Crippen molar-refractivity contribution in [2.45, 2.75) is 33.0 Å². The molecule has 1 aromatic heterocycles. The SMILES string of the molecule is Cc1ccc2nc(C)cc(C(=O)N3CCC(C4OCCO4)CC3)c2c1. The van der Waals surface area contributed by atoms with Gasteiger partial charge in [-0.2, -0.15) is 0 Å². The number of benzene rings is 1. The molecule has 5 nitrogen and oxygen atoms in total. The predicted octanol–water partition coefficient (Wildman–Crippen LogP) is 3.08. The normalized spacial score (nSPS) is 19.7. The third-order valence-corrected chi connectivity index (χ3v) is 5.18. The number of likely N-dealkylation sites (tertiary alicyclic amines) is 1. The average molecular weight is 340 g/mol. The van der Waals surface area contributed by atoms with Gasteiger partial charge in [0.2, 0.25) is 0 Å². The Bertz CT molecular complexity index is 791. The molecule has 0 bridgehead atoms. The number of carbonyl (C=O) groups excluding carboxylic acids is 1. The van der Waals surface area contributed by atoms with E-state index >= 15 is 0 Å². The van der Waals surface area contributed by atoms with E-state index in [2.05, 4.69) is 11.1 Å². The lowest BCUT2D eigenvalue weighted by Gasteiger charge is -2.34. The highest BCUT2D eigenvalue weighted by Gasteiger charge is 2.32. The van der Waals surface area contributed by atoms with E-state index in [0.29, 0.717) is 19.1 Å². The monoisotopic (exact) mass is 340 g/mol. The number of aromatic nitrogens is 1. The maximum atomic E-state index is 13.1. The molecule has 1 amide bonds.